The van der Waals surface area contributed by atoms with Crippen molar-refractivity contribution in [1.29, 1.82) is 0 Å². The summed E-state index contributed by atoms with van der Waals surface area (Å²) in [5, 5.41) is 8.87. The van der Waals surface area contributed by atoms with E-state index in [1.807, 2.05) is 19.1 Å². The van der Waals surface area contributed by atoms with E-state index >= 15 is 0 Å². The number of aliphatic carboxylic acids is 1. The van der Waals surface area contributed by atoms with Crippen LogP contribution in [0.25, 0.3) is 0 Å². The molecule has 1 rings (SSSR count). The van der Waals surface area contributed by atoms with Gasteiger partial charge in [-0.15, -0.1) is 0 Å². The van der Waals surface area contributed by atoms with Crippen molar-refractivity contribution in [3.05, 3.63) is 27.1 Å². The first-order valence-corrected chi connectivity index (χ1v) is 6.43. The van der Waals surface area contributed by atoms with Crippen LogP contribution in [0.15, 0.2) is 27.1 Å². The second-order valence-corrected chi connectivity index (χ2v) is 5.10. The van der Waals surface area contributed by atoms with Crippen molar-refractivity contribution in [1.82, 2.24) is 0 Å². The van der Waals surface area contributed by atoms with Crippen LogP contribution in [0, 0.1) is 5.92 Å². The van der Waals surface area contributed by atoms with Gasteiger partial charge in [0.15, 0.2) is 0 Å². The van der Waals surface area contributed by atoms with E-state index in [4.69, 9.17) is 9.84 Å². The maximum absolute atomic E-state index is 10.8. The number of carboxylic acids is 1. The Morgan fingerprint density at radius 1 is 1.50 bits per heavy atom. The maximum Gasteiger partial charge on any atom is 0.309 e. The van der Waals surface area contributed by atoms with Crippen LogP contribution in [0.2, 0.25) is 0 Å². The summed E-state index contributed by atoms with van der Waals surface area (Å²) in [7, 11) is 0. The summed E-state index contributed by atoms with van der Waals surface area (Å²) in [5.74, 6) is -0.630. The van der Waals surface area contributed by atoms with Crippen molar-refractivity contribution >= 4 is 37.8 Å². The summed E-state index contributed by atoms with van der Waals surface area (Å²) in [6, 6.07) is 5.50. The molecule has 0 aromatic heterocycles. The zero-order chi connectivity index (χ0) is 12.1. The van der Waals surface area contributed by atoms with Gasteiger partial charge in [-0.1, -0.05) is 22.9 Å². The fourth-order valence-electron chi connectivity index (χ4n) is 1.15. The van der Waals surface area contributed by atoms with Gasteiger partial charge >= 0.3 is 5.97 Å². The number of carboxylic acid groups (broad SMARTS) is 1. The number of hydrogen-bond donors (Lipinski definition) is 1. The Balaban J connectivity index is 2.63. The van der Waals surface area contributed by atoms with E-state index in [9.17, 15) is 4.79 Å². The van der Waals surface area contributed by atoms with Gasteiger partial charge in [-0.05, 0) is 40.5 Å². The van der Waals surface area contributed by atoms with Gasteiger partial charge in [0.2, 0.25) is 0 Å². The van der Waals surface area contributed by atoms with Crippen molar-refractivity contribution < 1.29 is 14.6 Å². The number of halogens is 2. The lowest BCUT2D eigenvalue weighted by atomic mass is 10.1. The highest BCUT2D eigenvalue weighted by Gasteiger charge is 2.16. The molecule has 0 saturated carbocycles. The Hall–Kier alpha value is -0.550. The molecule has 0 aliphatic carbocycles. The molecule has 5 heteroatoms. The minimum absolute atomic E-state index is 0.187. The van der Waals surface area contributed by atoms with Gasteiger partial charge in [-0.2, -0.15) is 0 Å². The highest BCUT2D eigenvalue weighted by Crippen LogP contribution is 2.28. The number of ether oxygens (including phenoxy) is 1. The van der Waals surface area contributed by atoms with Crippen molar-refractivity contribution in [3.8, 4) is 5.75 Å². The lowest BCUT2D eigenvalue weighted by Gasteiger charge is -2.12. The van der Waals surface area contributed by atoms with Crippen LogP contribution in [-0.2, 0) is 4.79 Å². The second kappa shape index (κ2) is 6.25. The molecule has 1 atom stereocenters. The van der Waals surface area contributed by atoms with E-state index in [1.54, 1.807) is 6.07 Å². The zero-order valence-corrected chi connectivity index (χ0v) is 11.9. The fraction of sp³-hybridized carbons (Fsp3) is 0.364. The minimum atomic E-state index is -0.823. The van der Waals surface area contributed by atoms with Gasteiger partial charge in [-0.25, -0.2) is 0 Å². The number of benzene rings is 1. The van der Waals surface area contributed by atoms with Crippen LogP contribution in [-0.4, -0.2) is 17.7 Å². The van der Waals surface area contributed by atoms with Crippen LogP contribution >= 0.6 is 31.9 Å². The van der Waals surface area contributed by atoms with Gasteiger partial charge in [0.1, 0.15) is 12.4 Å². The van der Waals surface area contributed by atoms with E-state index in [1.165, 1.54) is 0 Å². The predicted octanol–water partition coefficient (Wildman–Crippen LogP) is 3.70. The Bertz CT molecular complexity index is 379. The van der Waals surface area contributed by atoms with Crippen molar-refractivity contribution in [2.75, 3.05) is 6.61 Å². The molecule has 0 spiro atoms. The third-order valence-electron chi connectivity index (χ3n) is 2.18. The molecule has 1 aromatic carbocycles. The molecule has 1 N–H and O–H groups in total. The largest absolute Gasteiger partial charge is 0.492 e. The van der Waals surface area contributed by atoms with E-state index in [0.29, 0.717) is 12.2 Å². The van der Waals surface area contributed by atoms with Gasteiger partial charge in [0, 0.05) is 4.47 Å². The van der Waals surface area contributed by atoms with E-state index < -0.39 is 11.9 Å². The molecule has 1 aromatic rings. The van der Waals surface area contributed by atoms with Crippen molar-refractivity contribution in [2.45, 2.75) is 13.3 Å². The third-order valence-corrected chi connectivity index (χ3v) is 3.29. The quantitative estimate of drug-likeness (QED) is 0.879. The Morgan fingerprint density at radius 3 is 2.69 bits per heavy atom. The van der Waals surface area contributed by atoms with Gasteiger partial charge < -0.3 is 9.84 Å². The summed E-state index contributed by atoms with van der Waals surface area (Å²) in [6.45, 7) is 2.02. The highest BCUT2D eigenvalue weighted by atomic mass is 79.9. The van der Waals surface area contributed by atoms with Gasteiger partial charge in [-0.3, -0.25) is 4.79 Å². The van der Waals surface area contributed by atoms with E-state index in [-0.39, 0.29) is 6.61 Å². The molecule has 3 nitrogen and oxygen atoms in total. The Kier molecular flexibility index (Phi) is 5.28. The smallest absolute Gasteiger partial charge is 0.309 e. The fourth-order valence-corrected chi connectivity index (χ4v) is 2.31. The summed E-state index contributed by atoms with van der Waals surface area (Å²) in [4.78, 5) is 10.8. The Morgan fingerprint density at radius 2 is 2.19 bits per heavy atom. The third kappa shape index (κ3) is 3.79. The molecule has 0 amide bonds. The minimum Gasteiger partial charge on any atom is -0.492 e. The number of carbonyl (C=O) groups is 1. The van der Waals surface area contributed by atoms with Gasteiger partial charge in [0.05, 0.1) is 10.4 Å². The molecule has 1 unspecified atom stereocenters. The van der Waals surface area contributed by atoms with Crippen molar-refractivity contribution in [3.63, 3.8) is 0 Å². The molecule has 0 radical (unpaired) electrons. The SMILES string of the molecule is CCC(COc1ccc(Br)cc1Br)C(=O)O. The Labute approximate surface area is 111 Å². The maximum atomic E-state index is 10.8. The van der Waals surface area contributed by atoms with Crippen molar-refractivity contribution in [2.24, 2.45) is 5.92 Å². The summed E-state index contributed by atoms with van der Waals surface area (Å²) in [6.07, 6.45) is 0.559. The lowest BCUT2D eigenvalue weighted by Crippen LogP contribution is -2.20. The summed E-state index contributed by atoms with van der Waals surface area (Å²) >= 11 is 6.69. The molecular formula is C11H12Br2O3. The zero-order valence-electron chi connectivity index (χ0n) is 8.74. The number of rotatable bonds is 5. The topological polar surface area (TPSA) is 46.5 Å². The van der Waals surface area contributed by atoms with E-state index in [0.717, 1.165) is 8.95 Å². The normalized spacial score (nSPS) is 12.2. The molecule has 0 heterocycles. The summed E-state index contributed by atoms with van der Waals surface area (Å²) in [5.41, 5.74) is 0. The van der Waals surface area contributed by atoms with E-state index in [2.05, 4.69) is 31.9 Å². The molecule has 0 fully saturated rings. The standard InChI is InChI=1S/C11H12Br2O3/c1-2-7(11(14)15)6-16-10-4-3-8(12)5-9(10)13/h3-5,7H,2,6H2,1H3,(H,14,15). The first-order chi connectivity index (χ1) is 7.54. The number of hydrogen-bond acceptors (Lipinski definition) is 2. The molecule has 0 aliphatic heterocycles. The highest BCUT2D eigenvalue weighted by molar-refractivity contribution is 9.11. The average Bonchev–Trinajstić information content (AvgIpc) is 2.21. The molecule has 16 heavy (non-hydrogen) atoms. The molecule has 0 bridgehead atoms. The second-order valence-electron chi connectivity index (χ2n) is 3.33. The molecule has 88 valence electrons. The summed E-state index contributed by atoms with van der Waals surface area (Å²) < 4.78 is 7.21. The van der Waals surface area contributed by atoms with Crippen LogP contribution in [0.4, 0.5) is 0 Å². The lowest BCUT2D eigenvalue weighted by molar-refractivity contribution is -0.142. The average molecular weight is 352 g/mol. The van der Waals surface area contributed by atoms with Crippen LogP contribution in [0.5, 0.6) is 5.75 Å². The first-order valence-electron chi connectivity index (χ1n) is 4.85. The monoisotopic (exact) mass is 350 g/mol. The van der Waals surface area contributed by atoms with Crippen LogP contribution in [0.1, 0.15) is 13.3 Å². The molecule has 0 saturated heterocycles. The first kappa shape index (κ1) is 13.5. The molecular weight excluding hydrogens is 340 g/mol. The van der Waals surface area contributed by atoms with Crippen LogP contribution < -0.4 is 4.74 Å². The van der Waals surface area contributed by atoms with Crippen LogP contribution in [0.3, 0.4) is 0 Å². The van der Waals surface area contributed by atoms with Gasteiger partial charge in [0.25, 0.3) is 0 Å². The predicted molar refractivity (Wildman–Crippen MR) is 68.8 cm³/mol. The molecule has 0 aliphatic rings.